The number of nitrogens with zero attached hydrogens (tertiary/aromatic N) is 3. The van der Waals surface area contributed by atoms with E-state index in [0.29, 0.717) is 11.8 Å². The van der Waals surface area contributed by atoms with E-state index in [0.717, 1.165) is 30.3 Å². The zero-order chi connectivity index (χ0) is 15.5. The van der Waals surface area contributed by atoms with Gasteiger partial charge in [0.05, 0.1) is 13.2 Å². The zero-order valence-corrected chi connectivity index (χ0v) is 13.5. The minimum absolute atomic E-state index is 0.169. The summed E-state index contributed by atoms with van der Waals surface area (Å²) < 4.78 is 11.1. The van der Waals surface area contributed by atoms with Crippen molar-refractivity contribution in [2.24, 2.45) is 5.92 Å². The second-order valence-corrected chi connectivity index (χ2v) is 6.09. The summed E-state index contributed by atoms with van der Waals surface area (Å²) in [5, 5.41) is 8.44. The fraction of sp³-hybridized carbons (Fsp3) is 0.529. The van der Waals surface area contributed by atoms with E-state index in [4.69, 9.17) is 9.15 Å². The van der Waals surface area contributed by atoms with Gasteiger partial charge in [-0.3, -0.25) is 4.90 Å². The maximum absolute atomic E-state index is 5.89. The van der Waals surface area contributed by atoms with Gasteiger partial charge in [0, 0.05) is 12.1 Å². The van der Waals surface area contributed by atoms with Crippen molar-refractivity contribution in [2.45, 2.75) is 32.7 Å². The van der Waals surface area contributed by atoms with Gasteiger partial charge in [0.15, 0.2) is 0 Å². The molecule has 2 heterocycles. The van der Waals surface area contributed by atoms with Crippen LogP contribution in [0.1, 0.15) is 38.6 Å². The topological polar surface area (TPSA) is 51.4 Å². The van der Waals surface area contributed by atoms with Gasteiger partial charge in [-0.05, 0) is 56.5 Å². The Bertz CT molecular complexity index is 609. The number of likely N-dealkylation sites (tertiary alicyclic amines) is 1. The highest BCUT2D eigenvalue weighted by molar-refractivity contribution is 5.53. The number of aromatic nitrogens is 2. The lowest BCUT2D eigenvalue weighted by molar-refractivity contribution is 0.122. The summed E-state index contributed by atoms with van der Waals surface area (Å²) in [6.07, 6.45) is 2.55. The van der Waals surface area contributed by atoms with Crippen LogP contribution in [0.5, 0.6) is 5.75 Å². The molecule has 5 heteroatoms. The molecule has 0 saturated carbocycles. The van der Waals surface area contributed by atoms with Crippen LogP contribution >= 0.6 is 0 Å². The van der Waals surface area contributed by atoms with Crippen molar-refractivity contribution in [3.05, 3.63) is 30.2 Å². The summed E-state index contributed by atoms with van der Waals surface area (Å²) >= 11 is 0. The number of ether oxygens (including phenoxy) is 1. The van der Waals surface area contributed by atoms with Crippen molar-refractivity contribution >= 4 is 0 Å². The molecule has 1 fully saturated rings. The summed E-state index contributed by atoms with van der Waals surface area (Å²) in [4.78, 5) is 2.43. The molecule has 0 unspecified atom stereocenters. The van der Waals surface area contributed by atoms with Gasteiger partial charge in [-0.25, -0.2) is 0 Å². The Balaban J connectivity index is 1.74. The minimum atomic E-state index is 0.169. The molecule has 0 radical (unpaired) electrons. The van der Waals surface area contributed by atoms with Gasteiger partial charge >= 0.3 is 0 Å². The highest BCUT2D eigenvalue weighted by Gasteiger charge is 2.25. The summed E-state index contributed by atoms with van der Waals surface area (Å²) in [7, 11) is 1.65. The van der Waals surface area contributed by atoms with Gasteiger partial charge in [-0.15, -0.1) is 10.2 Å². The number of hydrogen-bond acceptors (Lipinski definition) is 5. The predicted molar refractivity (Wildman–Crippen MR) is 84.7 cm³/mol. The van der Waals surface area contributed by atoms with Crippen LogP contribution in [0.15, 0.2) is 28.7 Å². The van der Waals surface area contributed by atoms with Gasteiger partial charge in [-0.1, -0.05) is 6.92 Å². The van der Waals surface area contributed by atoms with Crippen LogP contribution in [0.2, 0.25) is 0 Å². The average Bonchev–Trinajstić information content (AvgIpc) is 3.04. The third-order valence-corrected chi connectivity index (χ3v) is 4.37. The van der Waals surface area contributed by atoms with Crippen molar-refractivity contribution in [3.8, 4) is 17.2 Å². The van der Waals surface area contributed by atoms with E-state index in [9.17, 15) is 0 Å². The fourth-order valence-electron chi connectivity index (χ4n) is 2.99. The van der Waals surface area contributed by atoms with Crippen molar-refractivity contribution < 1.29 is 9.15 Å². The third kappa shape index (κ3) is 3.14. The molecule has 0 N–H and O–H groups in total. The van der Waals surface area contributed by atoms with Gasteiger partial charge in [0.2, 0.25) is 11.8 Å². The van der Waals surface area contributed by atoms with E-state index in [1.165, 1.54) is 12.8 Å². The van der Waals surface area contributed by atoms with Crippen molar-refractivity contribution in [3.63, 3.8) is 0 Å². The Hall–Kier alpha value is -1.88. The molecular formula is C17H23N3O2. The van der Waals surface area contributed by atoms with E-state index in [1.54, 1.807) is 7.11 Å². The van der Waals surface area contributed by atoms with Gasteiger partial charge < -0.3 is 9.15 Å². The highest BCUT2D eigenvalue weighted by Crippen LogP contribution is 2.28. The predicted octanol–water partition coefficient (Wildman–Crippen LogP) is 3.54. The Labute approximate surface area is 131 Å². The number of benzene rings is 1. The van der Waals surface area contributed by atoms with Crippen molar-refractivity contribution in [1.82, 2.24) is 15.1 Å². The normalized spacial score (nSPS) is 20.8. The number of methoxy groups -OCH3 is 1. The van der Waals surface area contributed by atoms with Crippen LogP contribution in [-0.2, 0) is 0 Å². The summed E-state index contributed by atoms with van der Waals surface area (Å²) in [5.41, 5.74) is 0.916. The summed E-state index contributed by atoms with van der Waals surface area (Å²) in [6.45, 7) is 6.64. The van der Waals surface area contributed by atoms with Crippen LogP contribution in [0.4, 0.5) is 0 Å². The van der Waals surface area contributed by atoms with Crippen LogP contribution < -0.4 is 4.74 Å². The number of rotatable bonds is 4. The molecule has 1 aromatic carbocycles. The van der Waals surface area contributed by atoms with E-state index >= 15 is 0 Å². The van der Waals surface area contributed by atoms with Gasteiger partial charge in [-0.2, -0.15) is 0 Å². The standard InChI is InChI=1S/C17H23N3O2/c1-12-5-4-10-20(11-12)13(2)16-18-19-17(22-16)14-6-8-15(21-3)9-7-14/h6-9,12-13H,4-5,10-11H2,1-3H3/t12-,13+/m0/s1. The lowest BCUT2D eigenvalue weighted by Crippen LogP contribution is -2.36. The summed E-state index contributed by atoms with van der Waals surface area (Å²) in [5.74, 6) is 2.81. The molecule has 0 spiro atoms. The van der Waals surface area contributed by atoms with E-state index < -0.39 is 0 Å². The number of hydrogen-bond donors (Lipinski definition) is 0. The largest absolute Gasteiger partial charge is 0.497 e. The molecule has 1 saturated heterocycles. The quantitative estimate of drug-likeness (QED) is 0.864. The Morgan fingerprint density at radius 1 is 1.27 bits per heavy atom. The molecule has 1 aliphatic rings. The number of piperidine rings is 1. The third-order valence-electron chi connectivity index (χ3n) is 4.37. The van der Waals surface area contributed by atoms with Crippen molar-refractivity contribution in [2.75, 3.05) is 20.2 Å². The van der Waals surface area contributed by atoms with Gasteiger partial charge in [0.1, 0.15) is 5.75 Å². The monoisotopic (exact) mass is 301 g/mol. The SMILES string of the molecule is COc1ccc(-c2nnc([C@@H](C)N3CCC[C@H](C)C3)o2)cc1. The average molecular weight is 301 g/mol. The zero-order valence-electron chi connectivity index (χ0n) is 13.5. The second-order valence-electron chi connectivity index (χ2n) is 6.09. The Morgan fingerprint density at radius 2 is 2.05 bits per heavy atom. The molecule has 118 valence electrons. The first-order valence-electron chi connectivity index (χ1n) is 7.89. The first kappa shape index (κ1) is 15.0. The Morgan fingerprint density at radius 3 is 2.73 bits per heavy atom. The summed E-state index contributed by atoms with van der Waals surface area (Å²) in [6, 6.07) is 7.83. The van der Waals surface area contributed by atoms with E-state index in [1.807, 2.05) is 24.3 Å². The molecule has 1 aromatic heterocycles. The highest BCUT2D eigenvalue weighted by atomic mass is 16.5. The molecular weight excluding hydrogens is 278 g/mol. The lowest BCUT2D eigenvalue weighted by Gasteiger charge is -2.33. The van der Waals surface area contributed by atoms with Crippen LogP contribution in [0, 0.1) is 5.92 Å². The molecule has 3 rings (SSSR count). The van der Waals surface area contributed by atoms with E-state index in [-0.39, 0.29) is 6.04 Å². The maximum Gasteiger partial charge on any atom is 0.247 e. The Kier molecular flexibility index (Phi) is 4.43. The van der Waals surface area contributed by atoms with Crippen LogP contribution in [-0.4, -0.2) is 35.3 Å². The molecule has 2 aromatic rings. The first-order valence-corrected chi connectivity index (χ1v) is 7.89. The van der Waals surface area contributed by atoms with E-state index in [2.05, 4.69) is 28.9 Å². The smallest absolute Gasteiger partial charge is 0.247 e. The van der Waals surface area contributed by atoms with Crippen molar-refractivity contribution in [1.29, 1.82) is 0 Å². The molecule has 0 aliphatic carbocycles. The lowest BCUT2D eigenvalue weighted by atomic mass is 9.99. The van der Waals surface area contributed by atoms with Gasteiger partial charge in [0.25, 0.3) is 0 Å². The molecule has 0 amide bonds. The second kappa shape index (κ2) is 6.48. The van der Waals surface area contributed by atoms with Crippen LogP contribution in [0.25, 0.3) is 11.5 Å². The minimum Gasteiger partial charge on any atom is -0.497 e. The maximum atomic E-state index is 5.89. The van der Waals surface area contributed by atoms with Crippen LogP contribution in [0.3, 0.4) is 0 Å². The molecule has 5 nitrogen and oxygen atoms in total. The molecule has 1 aliphatic heterocycles. The molecule has 0 bridgehead atoms. The molecule has 2 atom stereocenters. The fourth-order valence-corrected chi connectivity index (χ4v) is 2.99. The molecule has 22 heavy (non-hydrogen) atoms. The first-order chi connectivity index (χ1) is 10.7.